The Morgan fingerprint density at radius 3 is 2.57 bits per heavy atom. The molecule has 110 valence electrons. The van der Waals surface area contributed by atoms with E-state index in [4.69, 9.17) is 5.73 Å². The zero-order valence-electron chi connectivity index (χ0n) is 12.2. The van der Waals surface area contributed by atoms with E-state index in [0.29, 0.717) is 0 Å². The lowest BCUT2D eigenvalue weighted by atomic mass is 9.92. The third kappa shape index (κ3) is 3.85. The van der Waals surface area contributed by atoms with E-state index >= 15 is 0 Å². The van der Waals surface area contributed by atoms with E-state index in [1.165, 1.54) is 0 Å². The number of hydrogen-bond donors (Lipinski definition) is 2. The first-order chi connectivity index (χ1) is 9.88. The number of hydrogen-bond acceptors (Lipinski definition) is 4. The van der Waals surface area contributed by atoms with E-state index < -0.39 is 0 Å². The molecule has 2 aromatic rings. The second kappa shape index (κ2) is 6.01. The van der Waals surface area contributed by atoms with Gasteiger partial charge in [-0.3, -0.25) is 5.43 Å². The number of nitrogens with one attached hydrogen (secondary N) is 1. The molecule has 0 saturated carbocycles. The summed E-state index contributed by atoms with van der Waals surface area (Å²) >= 11 is 4.67. The van der Waals surface area contributed by atoms with Gasteiger partial charge in [-0.15, -0.1) is 5.10 Å². The maximum atomic E-state index is 5.29. The third-order valence-corrected chi connectivity index (χ3v) is 2.94. The molecule has 0 bridgehead atoms. The SMILES string of the molecule is CC(C)(C)c1cnnn1-c1ccc(/C=N/NC(N)=S)cc1. The van der Waals surface area contributed by atoms with Crippen LogP contribution in [-0.4, -0.2) is 26.3 Å². The fourth-order valence-corrected chi connectivity index (χ4v) is 1.86. The van der Waals surface area contributed by atoms with Gasteiger partial charge in [0.25, 0.3) is 0 Å². The van der Waals surface area contributed by atoms with Gasteiger partial charge in [-0.1, -0.05) is 38.1 Å². The lowest BCUT2D eigenvalue weighted by Crippen LogP contribution is -2.23. The highest BCUT2D eigenvalue weighted by Crippen LogP contribution is 2.23. The van der Waals surface area contributed by atoms with E-state index in [-0.39, 0.29) is 10.5 Å². The predicted molar refractivity (Wildman–Crippen MR) is 87.6 cm³/mol. The number of hydrazone groups is 1. The summed E-state index contributed by atoms with van der Waals surface area (Å²) in [7, 11) is 0. The number of nitrogens with zero attached hydrogens (tertiary/aromatic N) is 4. The molecule has 0 aliphatic heterocycles. The van der Waals surface area contributed by atoms with Crippen molar-refractivity contribution >= 4 is 23.5 Å². The molecule has 0 fully saturated rings. The lowest BCUT2D eigenvalue weighted by molar-refractivity contribution is 0.542. The first-order valence-corrected chi connectivity index (χ1v) is 6.89. The summed E-state index contributed by atoms with van der Waals surface area (Å²) in [4.78, 5) is 0. The summed E-state index contributed by atoms with van der Waals surface area (Å²) in [5.74, 6) is 0. The van der Waals surface area contributed by atoms with Gasteiger partial charge in [0.2, 0.25) is 0 Å². The molecule has 6 nitrogen and oxygen atoms in total. The largest absolute Gasteiger partial charge is 0.375 e. The van der Waals surface area contributed by atoms with Gasteiger partial charge in [0.05, 0.1) is 23.8 Å². The van der Waals surface area contributed by atoms with Crippen LogP contribution in [0.5, 0.6) is 0 Å². The minimum absolute atomic E-state index is 0.0234. The molecule has 0 saturated heterocycles. The average molecular weight is 302 g/mol. The topological polar surface area (TPSA) is 81.1 Å². The van der Waals surface area contributed by atoms with Crippen LogP contribution in [0.2, 0.25) is 0 Å². The normalized spacial score (nSPS) is 11.8. The third-order valence-electron chi connectivity index (χ3n) is 2.84. The molecule has 0 spiro atoms. The van der Waals surface area contributed by atoms with Crippen molar-refractivity contribution in [1.29, 1.82) is 0 Å². The van der Waals surface area contributed by atoms with Crippen LogP contribution in [0.25, 0.3) is 5.69 Å². The molecule has 1 aromatic heterocycles. The number of aromatic nitrogens is 3. The second-order valence-corrected chi connectivity index (χ2v) is 6.05. The Hall–Kier alpha value is -2.28. The molecule has 0 unspecified atom stereocenters. The monoisotopic (exact) mass is 302 g/mol. The van der Waals surface area contributed by atoms with Gasteiger partial charge in [-0.2, -0.15) is 5.10 Å². The summed E-state index contributed by atoms with van der Waals surface area (Å²) < 4.78 is 1.84. The Balaban J connectivity index is 2.22. The van der Waals surface area contributed by atoms with Gasteiger partial charge < -0.3 is 5.73 Å². The van der Waals surface area contributed by atoms with Crippen LogP contribution in [0.1, 0.15) is 32.0 Å². The van der Waals surface area contributed by atoms with Gasteiger partial charge >= 0.3 is 0 Å². The van der Waals surface area contributed by atoms with Crippen molar-refractivity contribution in [2.24, 2.45) is 10.8 Å². The Morgan fingerprint density at radius 1 is 1.33 bits per heavy atom. The van der Waals surface area contributed by atoms with Crippen molar-refractivity contribution in [3.63, 3.8) is 0 Å². The van der Waals surface area contributed by atoms with Crippen molar-refractivity contribution in [2.45, 2.75) is 26.2 Å². The van der Waals surface area contributed by atoms with Crippen LogP contribution in [0, 0.1) is 0 Å². The van der Waals surface area contributed by atoms with Crippen molar-refractivity contribution in [2.75, 3.05) is 0 Å². The second-order valence-electron chi connectivity index (χ2n) is 5.61. The molecule has 3 N–H and O–H groups in total. The van der Waals surface area contributed by atoms with Crippen LogP contribution in [0.4, 0.5) is 0 Å². The average Bonchev–Trinajstić information content (AvgIpc) is 2.88. The van der Waals surface area contributed by atoms with Gasteiger partial charge in [-0.05, 0) is 29.9 Å². The number of thiocarbonyl (C=S) groups is 1. The number of benzene rings is 1. The zero-order chi connectivity index (χ0) is 15.5. The summed E-state index contributed by atoms with van der Waals surface area (Å²) in [5.41, 5.74) is 10.7. The van der Waals surface area contributed by atoms with Crippen molar-refractivity contribution in [1.82, 2.24) is 20.4 Å². The molecule has 2 rings (SSSR count). The molecular weight excluding hydrogens is 284 g/mol. The molecule has 0 radical (unpaired) electrons. The highest BCUT2D eigenvalue weighted by molar-refractivity contribution is 7.80. The Labute approximate surface area is 129 Å². The van der Waals surface area contributed by atoms with Gasteiger partial charge in [0, 0.05) is 5.41 Å². The molecule has 0 aliphatic carbocycles. The maximum Gasteiger partial charge on any atom is 0.184 e. The van der Waals surface area contributed by atoms with Crippen LogP contribution in [-0.2, 0) is 5.41 Å². The summed E-state index contributed by atoms with van der Waals surface area (Å²) in [6.07, 6.45) is 3.44. The minimum Gasteiger partial charge on any atom is -0.375 e. The predicted octanol–water partition coefficient (Wildman–Crippen LogP) is 1.73. The highest BCUT2D eigenvalue weighted by Gasteiger charge is 2.20. The molecule has 7 heteroatoms. The Kier molecular flexibility index (Phi) is 4.32. The first kappa shape index (κ1) is 15.1. The van der Waals surface area contributed by atoms with E-state index in [2.05, 4.69) is 53.8 Å². The van der Waals surface area contributed by atoms with Gasteiger partial charge in [0.1, 0.15) is 0 Å². The molecule has 0 atom stereocenters. The van der Waals surface area contributed by atoms with E-state index in [9.17, 15) is 0 Å². The highest BCUT2D eigenvalue weighted by atomic mass is 32.1. The van der Waals surface area contributed by atoms with Gasteiger partial charge in [-0.25, -0.2) is 4.68 Å². The van der Waals surface area contributed by atoms with Crippen LogP contribution >= 0.6 is 12.2 Å². The molecular formula is C14H18N6S. The minimum atomic E-state index is -0.0234. The molecule has 1 aromatic carbocycles. The lowest BCUT2D eigenvalue weighted by Gasteiger charge is -2.19. The van der Waals surface area contributed by atoms with Gasteiger partial charge in [0.15, 0.2) is 5.11 Å². The van der Waals surface area contributed by atoms with Crippen LogP contribution in [0.15, 0.2) is 35.6 Å². The van der Waals surface area contributed by atoms with E-state index in [1.54, 1.807) is 12.4 Å². The van der Waals surface area contributed by atoms with E-state index in [0.717, 1.165) is 16.9 Å². The smallest absolute Gasteiger partial charge is 0.184 e. The Morgan fingerprint density at radius 2 is 2.00 bits per heavy atom. The van der Waals surface area contributed by atoms with Crippen LogP contribution in [0.3, 0.4) is 0 Å². The van der Waals surface area contributed by atoms with Crippen molar-refractivity contribution in [3.05, 3.63) is 41.7 Å². The summed E-state index contributed by atoms with van der Waals surface area (Å²) in [6.45, 7) is 6.39. The van der Waals surface area contributed by atoms with Crippen molar-refractivity contribution in [3.8, 4) is 5.69 Å². The molecule has 1 heterocycles. The summed E-state index contributed by atoms with van der Waals surface area (Å²) in [6, 6.07) is 7.81. The zero-order valence-corrected chi connectivity index (χ0v) is 13.1. The standard InChI is InChI=1S/C14H18N6S/c1-14(2,3)12-9-17-19-20(12)11-6-4-10(5-7-11)8-16-18-13(15)21/h4-9H,1-3H3,(H3,15,18,21)/b16-8+. The fourth-order valence-electron chi connectivity index (χ4n) is 1.81. The fraction of sp³-hybridized carbons (Fsp3) is 0.286. The quantitative estimate of drug-likeness (QED) is 0.513. The summed E-state index contributed by atoms with van der Waals surface area (Å²) in [5, 5.41) is 12.2. The van der Waals surface area contributed by atoms with E-state index in [1.807, 2.05) is 28.9 Å². The molecule has 0 aliphatic rings. The first-order valence-electron chi connectivity index (χ1n) is 6.48. The maximum absolute atomic E-state index is 5.29. The number of rotatable bonds is 3. The van der Waals surface area contributed by atoms with Crippen LogP contribution < -0.4 is 11.2 Å². The number of nitrogens with two attached hydrogens (primary N) is 1. The Bertz CT molecular complexity index is 651. The molecule has 21 heavy (non-hydrogen) atoms. The van der Waals surface area contributed by atoms with Crippen molar-refractivity contribution < 1.29 is 0 Å². The molecule has 0 amide bonds.